The van der Waals surface area contributed by atoms with E-state index in [-0.39, 0.29) is 22.4 Å². The topological polar surface area (TPSA) is 117 Å². The molecule has 0 saturated carbocycles. The van der Waals surface area contributed by atoms with Crippen LogP contribution in [0.3, 0.4) is 0 Å². The summed E-state index contributed by atoms with van der Waals surface area (Å²) in [5.74, 6) is -0.335. The van der Waals surface area contributed by atoms with Crippen LogP contribution >= 0.6 is 12.2 Å². The van der Waals surface area contributed by atoms with E-state index in [1.807, 2.05) is 0 Å². The van der Waals surface area contributed by atoms with Crippen molar-refractivity contribution in [1.29, 1.82) is 5.41 Å². The summed E-state index contributed by atoms with van der Waals surface area (Å²) >= 11 is 4.85. The van der Waals surface area contributed by atoms with Gasteiger partial charge in [0.25, 0.3) is 5.69 Å². The highest BCUT2D eigenvalue weighted by molar-refractivity contribution is 7.80. The molecule has 0 fully saturated rings. The first-order valence-electron chi connectivity index (χ1n) is 4.58. The van der Waals surface area contributed by atoms with Crippen LogP contribution in [0.5, 0.6) is 0 Å². The molecule has 1 aromatic rings. The Balaban J connectivity index is 3.01. The second-order valence-electron chi connectivity index (χ2n) is 3.22. The number of thiocarbonyl (C=S) groups is 1. The Morgan fingerprint density at radius 2 is 2.24 bits per heavy atom. The first kappa shape index (κ1) is 12.8. The quantitative estimate of drug-likeness (QED) is 0.206. The van der Waals surface area contributed by atoms with Gasteiger partial charge in [-0.15, -0.1) is 0 Å². The maximum atomic E-state index is 10.8. The van der Waals surface area contributed by atoms with Gasteiger partial charge in [0.15, 0.2) is 11.1 Å². The SMILES string of the molecule is Cc1cccc([N+](=O)[O-])c1NC(=S)NC(=N)N. The molecule has 0 aliphatic carbocycles. The molecule has 0 bridgehead atoms. The number of nitrogens with one attached hydrogen (secondary N) is 3. The Bertz CT molecular complexity index is 488. The first-order chi connectivity index (χ1) is 7.91. The summed E-state index contributed by atoms with van der Waals surface area (Å²) in [6.45, 7) is 1.71. The van der Waals surface area contributed by atoms with Gasteiger partial charge in [-0.3, -0.25) is 15.5 Å². The van der Waals surface area contributed by atoms with Crippen molar-refractivity contribution in [3.63, 3.8) is 0 Å². The molecule has 17 heavy (non-hydrogen) atoms. The second kappa shape index (κ2) is 5.21. The Morgan fingerprint density at radius 3 is 2.76 bits per heavy atom. The van der Waals surface area contributed by atoms with Crippen LogP contribution in [0.25, 0.3) is 0 Å². The zero-order valence-corrected chi connectivity index (χ0v) is 9.80. The van der Waals surface area contributed by atoms with Crippen molar-refractivity contribution in [3.05, 3.63) is 33.9 Å². The number of nitrogens with two attached hydrogens (primary N) is 1. The molecule has 1 aromatic carbocycles. The molecule has 0 unspecified atom stereocenters. The molecule has 0 aromatic heterocycles. The van der Waals surface area contributed by atoms with E-state index in [2.05, 4.69) is 10.6 Å². The van der Waals surface area contributed by atoms with Gasteiger partial charge in [-0.05, 0) is 24.7 Å². The normalized spacial score (nSPS) is 9.47. The molecule has 0 aliphatic heterocycles. The van der Waals surface area contributed by atoms with E-state index in [1.54, 1.807) is 19.1 Å². The molecule has 7 nitrogen and oxygen atoms in total. The van der Waals surface area contributed by atoms with E-state index in [0.29, 0.717) is 5.56 Å². The summed E-state index contributed by atoms with van der Waals surface area (Å²) in [5, 5.41) is 22.8. The highest BCUT2D eigenvalue weighted by atomic mass is 32.1. The molecule has 8 heteroatoms. The standard InChI is InChI=1S/C9H11N5O2S/c1-5-3-2-4-6(14(15)16)7(5)12-9(17)13-8(10)11/h2-4H,1H3,(H5,10,11,12,13,17). The molecule has 5 N–H and O–H groups in total. The van der Waals surface area contributed by atoms with Crippen LogP contribution < -0.4 is 16.4 Å². The Hall–Kier alpha value is -2.22. The summed E-state index contributed by atoms with van der Waals surface area (Å²) in [5.41, 5.74) is 5.97. The average Bonchev–Trinajstić information content (AvgIpc) is 2.19. The van der Waals surface area contributed by atoms with Crippen LogP contribution in [-0.2, 0) is 0 Å². The van der Waals surface area contributed by atoms with Crippen molar-refractivity contribution >= 4 is 34.7 Å². The highest BCUT2D eigenvalue weighted by Gasteiger charge is 2.16. The number of benzene rings is 1. The van der Waals surface area contributed by atoms with Crippen molar-refractivity contribution in [2.75, 3.05) is 5.32 Å². The fourth-order valence-corrected chi connectivity index (χ4v) is 1.45. The minimum Gasteiger partial charge on any atom is -0.370 e. The van der Waals surface area contributed by atoms with Crippen molar-refractivity contribution < 1.29 is 4.92 Å². The second-order valence-corrected chi connectivity index (χ2v) is 3.63. The van der Waals surface area contributed by atoms with E-state index in [4.69, 9.17) is 23.4 Å². The van der Waals surface area contributed by atoms with Crippen molar-refractivity contribution in [2.45, 2.75) is 6.92 Å². The molecule has 0 radical (unpaired) electrons. The van der Waals surface area contributed by atoms with Crippen LogP contribution in [0.1, 0.15) is 5.56 Å². The summed E-state index contributed by atoms with van der Waals surface area (Å²) < 4.78 is 0. The summed E-state index contributed by atoms with van der Waals surface area (Å²) in [6.07, 6.45) is 0. The lowest BCUT2D eigenvalue weighted by molar-refractivity contribution is -0.383. The number of anilines is 1. The van der Waals surface area contributed by atoms with Crippen molar-refractivity contribution in [2.24, 2.45) is 5.73 Å². The number of hydrogen-bond donors (Lipinski definition) is 4. The van der Waals surface area contributed by atoms with Gasteiger partial charge in [0.1, 0.15) is 5.69 Å². The lowest BCUT2D eigenvalue weighted by Crippen LogP contribution is -2.38. The van der Waals surface area contributed by atoms with E-state index >= 15 is 0 Å². The molecule has 0 spiro atoms. The molecular formula is C9H11N5O2S. The number of nitrogens with zero attached hydrogens (tertiary/aromatic N) is 1. The minimum absolute atomic E-state index is 0.0369. The lowest BCUT2D eigenvalue weighted by Gasteiger charge is -2.11. The number of hydrogen-bond acceptors (Lipinski definition) is 4. The monoisotopic (exact) mass is 253 g/mol. The smallest absolute Gasteiger partial charge is 0.293 e. The Labute approximate surface area is 103 Å². The zero-order valence-electron chi connectivity index (χ0n) is 8.98. The molecule has 0 saturated heterocycles. The number of nitro benzene ring substituents is 1. The Kier molecular flexibility index (Phi) is 3.94. The summed E-state index contributed by atoms with van der Waals surface area (Å²) in [7, 11) is 0. The van der Waals surface area contributed by atoms with E-state index in [0.717, 1.165) is 0 Å². The van der Waals surface area contributed by atoms with Crippen LogP contribution in [0, 0.1) is 22.4 Å². The fraction of sp³-hybridized carbons (Fsp3) is 0.111. The van der Waals surface area contributed by atoms with Gasteiger partial charge in [0.05, 0.1) is 4.92 Å². The number of para-hydroxylation sites is 1. The van der Waals surface area contributed by atoms with Gasteiger partial charge in [-0.25, -0.2) is 0 Å². The van der Waals surface area contributed by atoms with Crippen molar-refractivity contribution in [1.82, 2.24) is 5.32 Å². The third-order valence-corrected chi connectivity index (χ3v) is 2.14. The molecule has 0 amide bonds. The van der Waals surface area contributed by atoms with Crippen molar-refractivity contribution in [3.8, 4) is 0 Å². The van der Waals surface area contributed by atoms with Crippen LogP contribution in [-0.4, -0.2) is 16.0 Å². The highest BCUT2D eigenvalue weighted by Crippen LogP contribution is 2.27. The molecule has 0 heterocycles. The minimum atomic E-state index is -0.508. The van der Waals surface area contributed by atoms with Gasteiger partial charge in [0, 0.05) is 6.07 Å². The molecule has 0 atom stereocenters. The van der Waals surface area contributed by atoms with Gasteiger partial charge >= 0.3 is 0 Å². The van der Waals surface area contributed by atoms with Gasteiger partial charge < -0.3 is 16.4 Å². The van der Waals surface area contributed by atoms with Crippen LogP contribution in [0.4, 0.5) is 11.4 Å². The largest absolute Gasteiger partial charge is 0.370 e. The van der Waals surface area contributed by atoms with Gasteiger partial charge in [-0.2, -0.15) is 0 Å². The maximum absolute atomic E-state index is 10.8. The average molecular weight is 253 g/mol. The fourth-order valence-electron chi connectivity index (χ4n) is 1.23. The molecular weight excluding hydrogens is 242 g/mol. The third-order valence-electron chi connectivity index (χ3n) is 1.93. The first-order valence-corrected chi connectivity index (χ1v) is 4.98. The Morgan fingerprint density at radius 1 is 1.59 bits per heavy atom. The molecule has 0 aliphatic rings. The van der Waals surface area contributed by atoms with Gasteiger partial charge in [0.2, 0.25) is 0 Å². The lowest BCUT2D eigenvalue weighted by atomic mass is 10.1. The predicted octanol–water partition coefficient (Wildman–Crippen LogP) is 1.08. The molecule has 90 valence electrons. The number of nitro groups is 1. The predicted molar refractivity (Wildman–Crippen MR) is 69.1 cm³/mol. The number of aryl methyl sites for hydroxylation is 1. The maximum Gasteiger partial charge on any atom is 0.293 e. The summed E-state index contributed by atoms with van der Waals surface area (Å²) in [4.78, 5) is 10.3. The van der Waals surface area contributed by atoms with Crippen LogP contribution in [0.15, 0.2) is 18.2 Å². The number of guanidine groups is 1. The number of rotatable bonds is 2. The zero-order chi connectivity index (χ0) is 13.0. The van der Waals surface area contributed by atoms with E-state index < -0.39 is 4.92 Å². The van der Waals surface area contributed by atoms with E-state index in [9.17, 15) is 10.1 Å². The molecule has 1 rings (SSSR count). The van der Waals surface area contributed by atoms with E-state index in [1.165, 1.54) is 6.07 Å². The van der Waals surface area contributed by atoms with Gasteiger partial charge in [-0.1, -0.05) is 12.1 Å². The third kappa shape index (κ3) is 3.38. The van der Waals surface area contributed by atoms with Crippen LogP contribution in [0.2, 0.25) is 0 Å². The summed E-state index contributed by atoms with van der Waals surface area (Å²) in [6, 6.07) is 4.66.